The fourth-order valence-corrected chi connectivity index (χ4v) is 4.03. The molecule has 2 aromatic carbocycles. The van der Waals surface area contributed by atoms with Crippen molar-refractivity contribution >= 4 is 41.4 Å². The molecular formula is C22H19ClN4O2S. The monoisotopic (exact) mass is 438 g/mol. The number of aromatic amines is 1. The Kier molecular flexibility index (Phi) is 5.57. The summed E-state index contributed by atoms with van der Waals surface area (Å²) in [6.07, 6.45) is 0. The number of aromatic nitrogens is 2. The lowest BCUT2D eigenvalue weighted by atomic mass is 9.82. The third kappa shape index (κ3) is 3.81. The van der Waals surface area contributed by atoms with Gasteiger partial charge in [-0.05, 0) is 36.3 Å². The predicted octanol–water partition coefficient (Wildman–Crippen LogP) is 4.95. The number of fused-ring (bicyclic) bond motifs is 1. The van der Waals surface area contributed by atoms with E-state index in [0.29, 0.717) is 33.5 Å². The van der Waals surface area contributed by atoms with Crippen molar-refractivity contribution in [2.75, 3.05) is 11.1 Å². The van der Waals surface area contributed by atoms with Gasteiger partial charge in [-0.2, -0.15) is 0 Å². The van der Waals surface area contributed by atoms with Crippen LogP contribution in [-0.2, 0) is 16.1 Å². The molecule has 0 fully saturated rings. The average molecular weight is 439 g/mol. The van der Waals surface area contributed by atoms with Crippen molar-refractivity contribution in [3.05, 3.63) is 92.4 Å². The van der Waals surface area contributed by atoms with E-state index in [2.05, 4.69) is 15.3 Å². The SMILES string of the molecule is CC1=C(C(=O)OCc2ccccc2)C(c2ccccc2Cl)c2c(nc(=S)[nH]c2N)N1. The smallest absolute Gasteiger partial charge is 0.337 e. The second-order valence-electron chi connectivity index (χ2n) is 6.90. The van der Waals surface area contributed by atoms with Crippen LogP contribution in [-0.4, -0.2) is 15.9 Å². The van der Waals surface area contributed by atoms with Crippen molar-refractivity contribution in [1.82, 2.24) is 9.97 Å². The Morgan fingerprint density at radius 3 is 2.63 bits per heavy atom. The van der Waals surface area contributed by atoms with Gasteiger partial charge in [0, 0.05) is 16.3 Å². The topological polar surface area (TPSA) is 93.0 Å². The fourth-order valence-electron chi connectivity index (χ4n) is 3.59. The molecule has 1 aliphatic rings. The zero-order valence-corrected chi connectivity index (χ0v) is 17.7. The zero-order valence-electron chi connectivity index (χ0n) is 16.1. The first-order valence-corrected chi connectivity index (χ1v) is 10.1. The summed E-state index contributed by atoms with van der Waals surface area (Å²) >= 11 is 11.7. The van der Waals surface area contributed by atoms with Crippen molar-refractivity contribution in [2.24, 2.45) is 0 Å². The van der Waals surface area contributed by atoms with Crippen LogP contribution in [0.5, 0.6) is 0 Å². The minimum absolute atomic E-state index is 0.156. The van der Waals surface area contributed by atoms with Gasteiger partial charge in [0.15, 0.2) is 4.77 Å². The normalized spacial score (nSPS) is 15.3. The highest BCUT2D eigenvalue weighted by Crippen LogP contribution is 2.45. The minimum Gasteiger partial charge on any atom is -0.457 e. The summed E-state index contributed by atoms with van der Waals surface area (Å²) in [7, 11) is 0. The molecule has 1 atom stereocenters. The van der Waals surface area contributed by atoms with Crippen LogP contribution in [0.15, 0.2) is 65.9 Å². The molecule has 0 bridgehead atoms. The van der Waals surface area contributed by atoms with Crippen molar-refractivity contribution < 1.29 is 9.53 Å². The molecule has 4 rings (SSSR count). The largest absolute Gasteiger partial charge is 0.457 e. The van der Waals surface area contributed by atoms with Gasteiger partial charge in [0.2, 0.25) is 0 Å². The quantitative estimate of drug-likeness (QED) is 0.394. The Morgan fingerprint density at radius 1 is 1.20 bits per heavy atom. The van der Waals surface area contributed by atoms with Crippen LogP contribution < -0.4 is 11.1 Å². The maximum Gasteiger partial charge on any atom is 0.337 e. The van der Waals surface area contributed by atoms with E-state index in [9.17, 15) is 4.79 Å². The predicted molar refractivity (Wildman–Crippen MR) is 120 cm³/mol. The van der Waals surface area contributed by atoms with E-state index >= 15 is 0 Å². The van der Waals surface area contributed by atoms with Gasteiger partial charge in [0.25, 0.3) is 0 Å². The molecule has 30 heavy (non-hydrogen) atoms. The number of hydrogen-bond acceptors (Lipinski definition) is 6. The maximum atomic E-state index is 13.2. The van der Waals surface area contributed by atoms with E-state index in [1.807, 2.05) is 48.5 Å². The highest BCUT2D eigenvalue weighted by molar-refractivity contribution is 7.71. The number of rotatable bonds is 4. The van der Waals surface area contributed by atoms with Crippen LogP contribution in [0.3, 0.4) is 0 Å². The van der Waals surface area contributed by atoms with Gasteiger partial charge >= 0.3 is 5.97 Å². The number of nitrogens with two attached hydrogens (primary N) is 1. The minimum atomic E-state index is -0.558. The van der Waals surface area contributed by atoms with Gasteiger partial charge in [0.1, 0.15) is 18.2 Å². The van der Waals surface area contributed by atoms with Gasteiger partial charge in [-0.1, -0.05) is 60.1 Å². The fraction of sp³-hybridized carbons (Fsp3) is 0.136. The molecule has 6 nitrogen and oxygen atoms in total. The van der Waals surface area contributed by atoms with Gasteiger partial charge < -0.3 is 20.8 Å². The molecular weight excluding hydrogens is 420 g/mol. The third-order valence-corrected chi connectivity index (χ3v) is 5.47. The van der Waals surface area contributed by atoms with Crippen LogP contribution in [0.2, 0.25) is 5.02 Å². The van der Waals surface area contributed by atoms with Crippen LogP contribution >= 0.6 is 23.8 Å². The molecule has 0 amide bonds. The van der Waals surface area contributed by atoms with E-state index in [-0.39, 0.29) is 11.4 Å². The van der Waals surface area contributed by atoms with E-state index < -0.39 is 11.9 Å². The molecule has 0 saturated carbocycles. The van der Waals surface area contributed by atoms with Crippen LogP contribution in [0.4, 0.5) is 11.6 Å². The van der Waals surface area contributed by atoms with E-state index in [1.165, 1.54) is 0 Å². The Labute approximate surface area is 183 Å². The van der Waals surface area contributed by atoms with Crippen molar-refractivity contribution in [2.45, 2.75) is 19.4 Å². The van der Waals surface area contributed by atoms with Gasteiger partial charge in [-0.25, -0.2) is 9.78 Å². The number of allylic oxidation sites excluding steroid dienone is 1. The number of hydrogen-bond donors (Lipinski definition) is 3. The van der Waals surface area contributed by atoms with Crippen molar-refractivity contribution in [1.29, 1.82) is 0 Å². The molecule has 0 radical (unpaired) electrons. The first-order chi connectivity index (χ1) is 14.5. The molecule has 0 spiro atoms. The molecule has 1 aliphatic heterocycles. The summed E-state index contributed by atoms with van der Waals surface area (Å²) in [6, 6.07) is 16.8. The molecule has 0 saturated heterocycles. The molecule has 0 aliphatic carbocycles. The number of ether oxygens (including phenoxy) is 1. The second kappa shape index (κ2) is 8.30. The standard InChI is InChI=1S/C22H19ClN4O2S/c1-12-16(21(28)29-11-13-7-3-2-4-8-13)17(14-9-5-6-10-15(14)23)18-19(24)26-22(30)27-20(18)25-12/h2-10,17H,11H2,1H3,(H4,24,25,26,27,30). The van der Waals surface area contributed by atoms with Gasteiger partial charge in [0.05, 0.1) is 11.5 Å². The summed E-state index contributed by atoms with van der Waals surface area (Å²) in [5.74, 6) is -0.194. The summed E-state index contributed by atoms with van der Waals surface area (Å²) in [5, 5.41) is 3.66. The molecule has 3 aromatic rings. The highest BCUT2D eigenvalue weighted by atomic mass is 35.5. The number of esters is 1. The number of carbonyl (C=O) groups is 1. The lowest BCUT2D eigenvalue weighted by Gasteiger charge is -2.30. The zero-order chi connectivity index (χ0) is 21.3. The summed E-state index contributed by atoms with van der Waals surface area (Å²) in [5.41, 5.74) is 9.53. The number of nitrogens with one attached hydrogen (secondary N) is 2. The molecule has 4 N–H and O–H groups in total. The number of benzene rings is 2. The van der Waals surface area contributed by atoms with E-state index in [1.54, 1.807) is 13.0 Å². The van der Waals surface area contributed by atoms with Crippen LogP contribution in [0, 0.1) is 4.77 Å². The number of H-pyrrole nitrogens is 1. The number of anilines is 2. The molecule has 1 unspecified atom stereocenters. The maximum absolute atomic E-state index is 13.2. The van der Waals surface area contributed by atoms with Crippen molar-refractivity contribution in [3.63, 3.8) is 0 Å². The van der Waals surface area contributed by atoms with Gasteiger partial charge in [-0.15, -0.1) is 0 Å². The number of nitrogen functional groups attached to an aromatic ring is 1. The summed E-state index contributed by atoms with van der Waals surface area (Å²) < 4.78 is 5.89. The van der Waals surface area contributed by atoms with Crippen LogP contribution in [0.25, 0.3) is 0 Å². The Morgan fingerprint density at radius 2 is 1.90 bits per heavy atom. The summed E-state index contributed by atoms with van der Waals surface area (Å²) in [6.45, 7) is 1.95. The Hall–Kier alpha value is -3.16. The van der Waals surface area contributed by atoms with Crippen molar-refractivity contribution in [3.8, 4) is 0 Å². The number of nitrogens with zero attached hydrogens (tertiary/aromatic N) is 1. The first-order valence-electron chi connectivity index (χ1n) is 9.28. The van der Waals surface area contributed by atoms with E-state index in [0.717, 1.165) is 11.1 Å². The molecule has 152 valence electrons. The molecule has 8 heteroatoms. The molecule has 1 aromatic heterocycles. The van der Waals surface area contributed by atoms with Gasteiger partial charge in [-0.3, -0.25) is 0 Å². The number of carbonyl (C=O) groups excluding carboxylic acids is 1. The lowest BCUT2D eigenvalue weighted by molar-refractivity contribution is -0.140. The second-order valence-corrected chi connectivity index (χ2v) is 7.69. The first kappa shape index (κ1) is 20.1. The molecule has 2 heterocycles. The Bertz CT molecular complexity index is 1210. The number of halogens is 1. The third-order valence-electron chi connectivity index (χ3n) is 4.94. The summed E-state index contributed by atoms with van der Waals surface area (Å²) in [4.78, 5) is 20.4. The highest BCUT2D eigenvalue weighted by Gasteiger charge is 2.36. The average Bonchev–Trinajstić information content (AvgIpc) is 2.72. The van der Waals surface area contributed by atoms with E-state index in [4.69, 9.17) is 34.3 Å². The van der Waals surface area contributed by atoms with Crippen LogP contribution in [0.1, 0.15) is 29.5 Å². The lowest BCUT2D eigenvalue weighted by Crippen LogP contribution is -2.26. The Balaban J connectivity index is 1.80.